The van der Waals surface area contributed by atoms with Crippen molar-refractivity contribution in [1.82, 2.24) is 9.55 Å². The van der Waals surface area contributed by atoms with E-state index in [9.17, 15) is 4.39 Å². The standard InChI is InChI=1S/C14H15Cl2FN2/c1-14(3-2-4-14)8-19-12-5-9(16)10(17)6-11(12)18-13(19)7-15/h5-6H,2-4,7-8H2,1H3. The number of hydrogen-bond acceptors (Lipinski definition) is 1. The van der Waals surface area contributed by atoms with Crippen molar-refractivity contribution in [2.45, 2.75) is 38.6 Å². The van der Waals surface area contributed by atoms with Crippen LogP contribution in [0.25, 0.3) is 11.0 Å². The van der Waals surface area contributed by atoms with Crippen molar-refractivity contribution in [2.24, 2.45) is 5.41 Å². The molecule has 102 valence electrons. The molecule has 0 radical (unpaired) electrons. The molecular weight excluding hydrogens is 286 g/mol. The molecule has 3 rings (SSSR count). The third kappa shape index (κ3) is 2.23. The van der Waals surface area contributed by atoms with Gasteiger partial charge in [0.25, 0.3) is 0 Å². The van der Waals surface area contributed by atoms with E-state index in [2.05, 4.69) is 16.5 Å². The lowest BCUT2D eigenvalue weighted by Crippen LogP contribution is -2.31. The molecule has 1 heterocycles. The van der Waals surface area contributed by atoms with E-state index in [0.717, 1.165) is 17.9 Å². The van der Waals surface area contributed by atoms with E-state index in [4.69, 9.17) is 23.2 Å². The van der Waals surface area contributed by atoms with E-state index >= 15 is 0 Å². The van der Waals surface area contributed by atoms with Crippen molar-refractivity contribution < 1.29 is 4.39 Å². The SMILES string of the molecule is CC1(Cn2c(CCl)nc3cc(F)c(Cl)cc32)CCC1. The van der Waals surface area contributed by atoms with Gasteiger partial charge < -0.3 is 4.57 Å². The molecule has 1 aliphatic carbocycles. The average Bonchev–Trinajstić information content (AvgIpc) is 2.66. The van der Waals surface area contributed by atoms with Gasteiger partial charge in [0, 0.05) is 12.6 Å². The smallest absolute Gasteiger partial charge is 0.144 e. The summed E-state index contributed by atoms with van der Waals surface area (Å²) in [5.41, 5.74) is 1.80. The first-order valence-corrected chi connectivity index (χ1v) is 7.34. The number of benzene rings is 1. The van der Waals surface area contributed by atoms with Gasteiger partial charge in [-0.15, -0.1) is 11.6 Å². The van der Waals surface area contributed by atoms with Crippen molar-refractivity contribution in [1.29, 1.82) is 0 Å². The Morgan fingerprint density at radius 2 is 2.16 bits per heavy atom. The Kier molecular flexibility index (Phi) is 3.22. The summed E-state index contributed by atoms with van der Waals surface area (Å²) < 4.78 is 15.6. The zero-order valence-electron chi connectivity index (χ0n) is 10.7. The van der Waals surface area contributed by atoms with Crippen LogP contribution in [0.1, 0.15) is 32.0 Å². The first kappa shape index (κ1) is 13.2. The molecule has 0 spiro atoms. The van der Waals surface area contributed by atoms with Gasteiger partial charge in [-0.25, -0.2) is 9.37 Å². The zero-order valence-corrected chi connectivity index (χ0v) is 12.2. The van der Waals surface area contributed by atoms with E-state index in [1.165, 1.54) is 25.3 Å². The highest BCUT2D eigenvalue weighted by molar-refractivity contribution is 6.31. The van der Waals surface area contributed by atoms with Gasteiger partial charge in [-0.2, -0.15) is 0 Å². The maximum absolute atomic E-state index is 13.5. The summed E-state index contributed by atoms with van der Waals surface area (Å²) in [6, 6.07) is 3.03. The van der Waals surface area contributed by atoms with Gasteiger partial charge in [0.2, 0.25) is 0 Å². The molecule has 0 N–H and O–H groups in total. The van der Waals surface area contributed by atoms with Gasteiger partial charge in [-0.3, -0.25) is 0 Å². The van der Waals surface area contributed by atoms with E-state index < -0.39 is 5.82 Å². The van der Waals surface area contributed by atoms with E-state index in [-0.39, 0.29) is 5.02 Å². The Hall–Kier alpha value is -0.800. The topological polar surface area (TPSA) is 17.8 Å². The Labute approximate surface area is 121 Å². The molecule has 2 nitrogen and oxygen atoms in total. The Morgan fingerprint density at radius 3 is 2.74 bits per heavy atom. The van der Waals surface area contributed by atoms with Gasteiger partial charge in [-0.05, 0) is 24.3 Å². The van der Waals surface area contributed by atoms with Crippen LogP contribution in [0.15, 0.2) is 12.1 Å². The van der Waals surface area contributed by atoms with Crippen molar-refractivity contribution >= 4 is 34.2 Å². The van der Waals surface area contributed by atoms with Gasteiger partial charge in [0.15, 0.2) is 0 Å². The lowest BCUT2D eigenvalue weighted by Gasteiger charge is -2.39. The van der Waals surface area contributed by atoms with Crippen LogP contribution >= 0.6 is 23.2 Å². The molecule has 0 atom stereocenters. The summed E-state index contributed by atoms with van der Waals surface area (Å²) in [6.07, 6.45) is 3.70. The summed E-state index contributed by atoms with van der Waals surface area (Å²) in [6.45, 7) is 3.14. The molecule has 1 aliphatic rings. The van der Waals surface area contributed by atoms with Crippen molar-refractivity contribution in [2.75, 3.05) is 0 Å². The minimum Gasteiger partial charge on any atom is -0.326 e. The van der Waals surface area contributed by atoms with Crippen LogP contribution in [0.2, 0.25) is 5.02 Å². The summed E-state index contributed by atoms with van der Waals surface area (Å²) in [5, 5.41) is 0.133. The highest BCUT2D eigenvalue weighted by Gasteiger charge is 2.33. The number of nitrogens with zero attached hydrogens (tertiary/aromatic N) is 2. The third-order valence-corrected chi connectivity index (χ3v) is 4.62. The number of hydrogen-bond donors (Lipinski definition) is 0. The van der Waals surface area contributed by atoms with Crippen LogP contribution in [0.5, 0.6) is 0 Å². The van der Waals surface area contributed by atoms with Gasteiger partial charge in [0.05, 0.1) is 21.9 Å². The first-order chi connectivity index (χ1) is 9.02. The van der Waals surface area contributed by atoms with Gasteiger partial charge in [0.1, 0.15) is 11.6 Å². The number of halogens is 3. The molecule has 5 heteroatoms. The molecule has 0 unspecified atom stereocenters. The van der Waals surface area contributed by atoms with Crippen LogP contribution in [-0.4, -0.2) is 9.55 Å². The fourth-order valence-corrected chi connectivity index (χ4v) is 3.13. The van der Waals surface area contributed by atoms with Crippen LogP contribution < -0.4 is 0 Å². The van der Waals surface area contributed by atoms with Gasteiger partial charge in [-0.1, -0.05) is 24.9 Å². The molecule has 1 saturated carbocycles. The number of rotatable bonds is 3. The summed E-state index contributed by atoms with van der Waals surface area (Å²) >= 11 is 11.8. The quantitative estimate of drug-likeness (QED) is 0.747. The van der Waals surface area contributed by atoms with Crippen LogP contribution in [0.3, 0.4) is 0 Å². The second-order valence-electron chi connectivity index (χ2n) is 5.67. The highest BCUT2D eigenvalue weighted by atomic mass is 35.5. The fraction of sp³-hybridized carbons (Fsp3) is 0.500. The summed E-state index contributed by atoms with van der Waals surface area (Å²) in [5.74, 6) is 0.672. The van der Waals surface area contributed by atoms with Crippen LogP contribution in [-0.2, 0) is 12.4 Å². The summed E-state index contributed by atoms with van der Waals surface area (Å²) in [7, 11) is 0. The maximum Gasteiger partial charge on any atom is 0.144 e. The van der Waals surface area contributed by atoms with Crippen molar-refractivity contribution in [3.05, 3.63) is 28.8 Å². The fourth-order valence-electron chi connectivity index (χ4n) is 2.77. The molecule has 1 fully saturated rings. The minimum absolute atomic E-state index is 0.133. The highest BCUT2D eigenvalue weighted by Crippen LogP contribution is 2.42. The molecule has 19 heavy (non-hydrogen) atoms. The predicted molar refractivity (Wildman–Crippen MR) is 76.2 cm³/mol. The number of alkyl halides is 1. The third-order valence-electron chi connectivity index (χ3n) is 4.09. The molecule has 0 amide bonds. The molecule has 0 saturated heterocycles. The van der Waals surface area contributed by atoms with Crippen LogP contribution in [0, 0.1) is 11.2 Å². The molecule has 1 aromatic carbocycles. The molecule has 1 aromatic heterocycles. The normalized spacial score (nSPS) is 17.7. The first-order valence-electron chi connectivity index (χ1n) is 6.42. The van der Waals surface area contributed by atoms with E-state index in [0.29, 0.717) is 16.8 Å². The Balaban J connectivity index is 2.12. The van der Waals surface area contributed by atoms with Crippen molar-refractivity contribution in [3.63, 3.8) is 0 Å². The number of fused-ring (bicyclic) bond motifs is 1. The van der Waals surface area contributed by atoms with Crippen molar-refractivity contribution in [3.8, 4) is 0 Å². The Bertz CT molecular complexity index is 632. The number of aromatic nitrogens is 2. The van der Waals surface area contributed by atoms with Gasteiger partial charge >= 0.3 is 0 Å². The monoisotopic (exact) mass is 300 g/mol. The van der Waals surface area contributed by atoms with Crippen LogP contribution in [0.4, 0.5) is 4.39 Å². The van der Waals surface area contributed by atoms with E-state index in [1.807, 2.05) is 0 Å². The Morgan fingerprint density at radius 1 is 1.42 bits per heavy atom. The second kappa shape index (κ2) is 4.64. The zero-order chi connectivity index (χ0) is 13.6. The largest absolute Gasteiger partial charge is 0.326 e. The predicted octanol–water partition coefficient (Wildman–Crippen LogP) is 4.76. The lowest BCUT2D eigenvalue weighted by atomic mass is 9.70. The summed E-state index contributed by atoms with van der Waals surface area (Å²) in [4.78, 5) is 4.41. The maximum atomic E-state index is 13.5. The average molecular weight is 301 g/mol. The number of imidazole rings is 1. The molecule has 2 aromatic rings. The minimum atomic E-state index is -0.435. The lowest BCUT2D eigenvalue weighted by molar-refractivity contribution is 0.133. The van der Waals surface area contributed by atoms with E-state index in [1.54, 1.807) is 6.07 Å². The molecular formula is C14H15Cl2FN2. The molecule has 0 bridgehead atoms. The second-order valence-corrected chi connectivity index (χ2v) is 6.34. The molecule has 0 aliphatic heterocycles.